The largest absolute Gasteiger partial charge is 0.416 e. The van der Waals surface area contributed by atoms with E-state index < -0.39 is 28.4 Å². The molecule has 1 rings (SSSR count). The summed E-state index contributed by atoms with van der Waals surface area (Å²) in [4.78, 5) is -1.33. The molecule has 1 aromatic rings. The van der Waals surface area contributed by atoms with Crippen LogP contribution in [0, 0.1) is 5.41 Å². The highest BCUT2D eigenvalue weighted by atomic mass is 35.5. The van der Waals surface area contributed by atoms with Crippen LogP contribution >= 0.6 is 11.6 Å². The second kappa shape index (κ2) is 5.62. The summed E-state index contributed by atoms with van der Waals surface area (Å²) in [6, 6.07) is 1.48. The summed E-state index contributed by atoms with van der Waals surface area (Å²) >= 11 is 6.26. The summed E-state index contributed by atoms with van der Waals surface area (Å²) < 4.78 is 77.1. The number of halogens is 7. The van der Waals surface area contributed by atoms with Crippen LogP contribution in [0.5, 0.6) is 0 Å². The first-order valence-corrected chi connectivity index (χ1v) is 6.89. The molecule has 0 heterocycles. The molecule has 0 amide bonds. The molecule has 22 heavy (non-hydrogen) atoms. The molecular formula is C15H17ClF6. The van der Waals surface area contributed by atoms with E-state index in [0.29, 0.717) is 12.1 Å². The van der Waals surface area contributed by atoms with Crippen LogP contribution in [0.15, 0.2) is 18.2 Å². The van der Waals surface area contributed by atoms with Gasteiger partial charge in [0.05, 0.1) is 16.0 Å². The first-order valence-electron chi connectivity index (χ1n) is 6.51. The summed E-state index contributed by atoms with van der Waals surface area (Å²) in [5.74, 6) is 0. The fourth-order valence-corrected chi connectivity index (χ4v) is 2.86. The van der Waals surface area contributed by atoms with E-state index in [0.717, 1.165) is 0 Å². The molecule has 0 saturated heterocycles. The van der Waals surface area contributed by atoms with Crippen LogP contribution in [-0.2, 0) is 17.2 Å². The monoisotopic (exact) mass is 346 g/mol. The van der Waals surface area contributed by atoms with Gasteiger partial charge >= 0.3 is 12.4 Å². The lowest BCUT2D eigenvalue weighted by Gasteiger charge is -2.31. The normalized spacial score (nSPS) is 16.5. The van der Waals surface area contributed by atoms with Crippen LogP contribution in [0.3, 0.4) is 0 Å². The Labute approximate surface area is 130 Å². The molecule has 0 aliphatic carbocycles. The van der Waals surface area contributed by atoms with Gasteiger partial charge in [0.25, 0.3) is 0 Å². The van der Waals surface area contributed by atoms with E-state index >= 15 is 0 Å². The summed E-state index contributed by atoms with van der Waals surface area (Å²) in [7, 11) is 0. The van der Waals surface area contributed by atoms with E-state index in [9.17, 15) is 26.3 Å². The maximum Gasteiger partial charge on any atom is 0.416 e. The van der Waals surface area contributed by atoms with Gasteiger partial charge in [0.1, 0.15) is 0 Å². The van der Waals surface area contributed by atoms with E-state index in [1.165, 1.54) is 6.92 Å². The van der Waals surface area contributed by atoms with Gasteiger partial charge in [-0.05, 0) is 42.5 Å². The van der Waals surface area contributed by atoms with Gasteiger partial charge in [0.2, 0.25) is 0 Å². The lowest BCUT2D eigenvalue weighted by Crippen LogP contribution is -2.24. The Bertz CT molecular complexity index is 502. The van der Waals surface area contributed by atoms with Gasteiger partial charge in [-0.3, -0.25) is 0 Å². The minimum atomic E-state index is -4.87. The Kier molecular flexibility index (Phi) is 4.89. The van der Waals surface area contributed by atoms with Gasteiger partial charge in [-0.25, -0.2) is 0 Å². The predicted octanol–water partition coefficient (Wildman–Crippen LogP) is 6.61. The fraction of sp³-hybridized carbons (Fsp3) is 0.600. The Morgan fingerprint density at radius 3 is 1.32 bits per heavy atom. The minimum Gasteiger partial charge on any atom is -0.166 e. The number of hydrogen-bond donors (Lipinski definition) is 0. The maximum atomic E-state index is 12.9. The Morgan fingerprint density at radius 1 is 0.727 bits per heavy atom. The first-order chi connectivity index (χ1) is 9.52. The van der Waals surface area contributed by atoms with Crippen molar-refractivity contribution in [2.45, 2.75) is 51.3 Å². The van der Waals surface area contributed by atoms with Gasteiger partial charge in [-0.1, -0.05) is 20.8 Å². The van der Waals surface area contributed by atoms with Crippen LogP contribution in [0.1, 0.15) is 50.8 Å². The molecule has 7 heteroatoms. The third kappa shape index (κ3) is 5.07. The van der Waals surface area contributed by atoms with E-state index in [1.807, 2.05) is 20.8 Å². The number of benzene rings is 1. The van der Waals surface area contributed by atoms with E-state index in [-0.39, 0.29) is 23.5 Å². The van der Waals surface area contributed by atoms with Crippen molar-refractivity contribution in [1.82, 2.24) is 0 Å². The highest BCUT2D eigenvalue weighted by molar-refractivity contribution is 6.23. The molecule has 0 saturated carbocycles. The molecule has 1 atom stereocenters. The molecule has 0 aliphatic rings. The molecule has 0 aromatic heterocycles. The molecular weight excluding hydrogens is 330 g/mol. The SMILES string of the molecule is CC(C)(C)CC(C)(Cl)c1cc(C(F)(F)F)cc(C(F)(F)F)c1. The van der Waals surface area contributed by atoms with Crippen molar-refractivity contribution in [1.29, 1.82) is 0 Å². The molecule has 0 aliphatic heterocycles. The predicted molar refractivity (Wildman–Crippen MR) is 73.7 cm³/mol. The van der Waals surface area contributed by atoms with Crippen LogP contribution < -0.4 is 0 Å². The van der Waals surface area contributed by atoms with Crippen LogP contribution in [0.25, 0.3) is 0 Å². The summed E-state index contributed by atoms with van der Waals surface area (Å²) in [5.41, 5.74) is -3.24. The molecule has 126 valence electrons. The van der Waals surface area contributed by atoms with E-state index in [4.69, 9.17) is 11.6 Å². The standard InChI is InChI=1S/C15H17ClF6/c1-12(2,3)8-13(4,16)9-5-10(14(17,18)19)7-11(6-9)15(20,21)22/h5-7H,8H2,1-4H3. The van der Waals surface area contributed by atoms with Crippen molar-refractivity contribution < 1.29 is 26.3 Å². The second-order valence-electron chi connectivity index (χ2n) is 6.73. The van der Waals surface area contributed by atoms with Crippen LogP contribution in [0.2, 0.25) is 0 Å². The Morgan fingerprint density at radius 2 is 1.05 bits per heavy atom. The van der Waals surface area contributed by atoms with E-state index in [2.05, 4.69) is 0 Å². The maximum absolute atomic E-state index is 12.9. The summed E-state index contributed by atoms with van der Waals surface area (Å²) in [6.07, 6.45) is -9.52. The highest BCUT2D eigenvalue weighted by Crippen LogP contribution is 2.44. The van der Waals surface area contributed by atoms with Crippen LogP contribution in [-0.4, -0.2) is 0 Å². The minimum absolute atomic E-state index is 0.105. The summed E-state index contributed by atoms with van der Waals surface area (Å²) in [6.45, 7) is 6.86. The molecule has 1 aromatic carbocycles. The van der Waals surface area contributed by atoms with Crippen LogP contribution in [0.4, 0.5) is 26.3 Å². The molecule has 0 radical (unpaired) electrons. The first kappa shape index (κ1) is 19.1. The molecule has 0 N–H and O–H groups in total. The molecule has 0 bridgehead atoms. The number of rotatable bonds is 2. The lowest BCUT2D eigenvalue weighted by atomic mass is 9.81. The van der Waals surface area contributed by atoms with Gasteiger partial charge in [-0.2, -0.15) is 26.3 Å². The molecule has 0 nitrogen and oxygen atoms in total. The molecule has 0 fully saturated rings. The number of hydrogen-bond acceptors (Lipinski definition) is 0. The van der Waals surface area contributed by atoms with Crippen molar-refractivity contribution in [3.63, 3.8) is 0 Å². The van der Waals surface area contributed by atoms with Crippen molar-refractivity contribution in [3.8, 4) is 0 Å². The second-order valence-corrected chi connectivity index (χ2v) is 7.56. The van der Waals surface area contributed by atoms with Gasteiger partial charge in [0, 0.05) is 0 Å². The average Bonchev–Trinajstić information content (AvgIpc) is 2.22. The molecule has 1 unspecified atom stereocenters. The summed E-state index contributed by atoms with van der Waals surface area (Å²) in [5, 5.41) is 0. The lowest BCUT2D eigenvalue weighted by molar-refractivity contribution is -0.143. The van der Waals surface area contributed by atoms with Crippen molar-refractivity contribution in [3.05, 3.63) is 34.9 Å². The van der Waals surface area contributed by atoms with Crippen molar-refractivity contribution in [2.75, 3.05) is 0 Å². The third-order valence-electron chi connectivity index (χ3n) is 3.05. The Balaban J connectivity index is 3.48. The van der Waals surface area contributed by atoms with Gasteiger partial charge in [0.15, 0.2) is 0 Å². The third-order valence-corrected chi connectivity index (χ3v) is 3.40. The van der Waals surface area contributed by atoms with Gasteiger partial charge < -0.3 is 0 Å². The van der Waals surface area contributed by atoms with E-state index in [1.54, 1.807) is 0 Å². The highest BCUT2D eigenvalue weighted by Gasteiger charge is 2.39. The topological polar surface area (TPSA) is 0 Å². The van der Waals surface area contributed by atoms with Crippen molar-refractivity contribution in [2.24, 2.45) is 5.41 Å². The Hall–Kier alpha value is -0.910. The number of alkyl halides is 7. The van der Waals surface area contributed by atoms with Crippen molar-refractivity contribution >= 4 is 11.6 Å². The fourth-order valence-electron chi connectivity index (χ4n) is 2.35. The zero-order valence-electron chi connectivity index (χ0n) is 12.6. The smallest absolute Gasteiger partial charge is 0.166 e. The average molecular weight is 347 g/mol. The quantitative estimate of drug-likeness (QED) is 0.417. The molecule has 0 spiro atoms. The van der Waals surface area contributed by atoms with Gasteiger partial charge in [-0.15, -0.1) is 11.6 Å². The zero-order chi connectivity index (χ0) is 17.6. The zero-order valence-corrected chi connectivity index (χ0v) is 13.3.